The number of carbonyl (C=O) groups is 1. The lowest BCUT2D eigenvalue weighted by Gasteiger charge is -2.13. The number of nitrogens with one attached hydrogen (secondary N) is 3. The summed E-state index contributed by atoms with van der Waals surface area (Å²) in [6.07, 6.45) is -4.61. The maximum absolute atomic E-state index is 13.6. The number of H-pyrrole nitrogens is 1. The van der Waals surface area contributed by atoms with Crippen molar-refractivity contribution in [3.05, 3.63) is 101 Å². The van der Waals surface area contributed by atoms with E-state index in [1.807, 2.05) is 0 Å². The third-order valence-electron chi connectivity index (χ3n) is 4.81. The lowest BCUT2D eigenvalue weighted by Crippen LogP contribution is -2.36. The Kier molecular flexibility index (Phi) is 6.77. The smallest absolute Gasteiger partial charge is 0.326 e. The quantitative estimate of drug-likeness (QED) is 0.180. The molecule has 0 spiro atoms. The van der Waals surface area contributed by atoms with Gasteiger partial charge in [0.2, 0.25) is 5.96 Å². The van der Waals surface area contributed by atoms with Gasteiger partial charge in [-0.1, -0.05) is 6.07 Å². The number of aromatic nitrogens is 2. The number of benzene rings is 3. The lowest BCUT2D eigenvalue weighted by atomic mass is 10.1. The molecule has 4 aromatic rings. The van der Waals surface area contributed by atoms with E-state index in [9.17, 15) is 31.1 Å². The first-order chi connectivity index (χ1) is 17.1. The Morgan fingerprint density at radius 2 is 1.64 bits per heavy atom. The predicted octanol–water partition coefficient (Wildman–Crippen LogP) is 6.04. The molecular formula is C24H15F6N5O. The van der Waals surface area contributed by atoms with Crippen molar-refractivity contribution in [2.45, 2.75) is 6.18 Å². The van der Waals surface area contributed by atoms with E-state index in [-0.39, 0.29) is 23.0 Å². The number of anilines is 1. The van der Waals surface area contributed by atoms with E-state index in [1.54, 1.807) is 0 Å². The standard InChI is InChI=1S/C24H15F6N5O/c25-16-7-4-13(5-8-16)20-12-21(35-34-20)32-23(31-17-3-1-2-15(11-17)24(28,29)30)33-22(36)14-6-9-18(26)19(27)10-14/h1-12H,(H3,31,32,33,34,35,36). The molecule has 1 heterocycles. The number of hydrogen-bond donors (Lipinski definition) is 3. The molecule has 0 unspecified atom stereocenters. The van der Waals surface area contributed by atoms with E-state index >= 15 is 0 Å². The van der Waals surface area contributed by atoms with Gasteiger partial charge in [0.1, 0.15) is 5.82 Å². The molecular weight excluding hydrogens is 488 g/mol. The topological polar surface area (TPSA) is 82.2 Å². The maximum atomic E-state index is 13.6. The second kappa shape index (κ2) is 9.94. The van der Waals surface area contributed by atoms with E-state index in [1.165, 1.54) is 36.4 Å². The number of aromatic amines is 1. The highest BCUT2D eigenvalue weighted by Crippen LogP contribution is 2.30. The molecule has 0 aliphatic heterocycles. The van der Waals surface area contributed by atoms with E-state index in [2.05, 4.69) is 25.8 Å². The first-order valence-electron chi connectivity index (χ1n) is 10.2. The van der Waals surface area contributed by atoms with Crippen LogP contribution in [0.15, 0.2) is 77.8 Å². The zero-order valence-electron chi connectivity index (χ0n) is 18.0. The fourth-order valence-corrected chi connectivity index (χ4v) is 3.07. The Balaban J connectivity index is 1.66. The summed E-state index contributed by atoms with van der Waals surface area (Å²) in [5.41, 5.74) is -0.260. The van der Waals surface area contributed by atoms with Gasteiger partial charge >= 0.3 is 6.18 Å². The van der Waals surface area contributed by atoms with Crippen LogP contribution in [0.25, 0.3) is 11.3 Å². The van der Waals surface area contributed by atoms with Crippen molar-refractivity contribution in [3.63, 3.8) is 0 Å². The summed E-state index contributed by atoms with van der Waals surface area (Å²) in [6.45, 7) is 0. The zero-order chi connectivity index (χ0) is 25.9. The van der Waals surface area contributed by atoms with Crippen LogP contribution in [-0.4, -0.2) is 22.1 Å². The van der Waals surface area contributed by atoms with Crippen LogP contribution >= 0.6 is 0 Å². The van der Waals surface area contributed by atoms with Crippen LogP contribution in [0.1, 0.15) is 15.9 Å². The number of nitrogens with zero attached hydrogens (tertiary/aromatic N) is 2. The molecule has 0 bridgehead atoms. The Bertz CT molecular complexity index is 1430. The average Bonchev–Trinajstić information content (AvgIpc) is 3.29. The van der Waals surface area contributed by atoms with Crippen molar-refractivity contribution in [1.82, 2.24) is 15.5 Å². The van der Waals surface area contributed by atoms with Gasteiger partial charge in [-0.25, -0.2) is 13.2 Å². The molecule has 4 rings (SSSR count). The molecule has 1 aromatic heterocycles. The molecule has 36 heavy (non-hydrogen) atoms. The number of halogens is 6. The van der Waals surface area contributed by atoms with E-state index in [4.69, 9.17) is 0 Å². The van der Waals surface area contributed by atoms with Crippen LogP contribution in [0.5, 0.6) is 0 Å². The monoisotopic (exact) mass is 503 g/mol. The van der Waals surface area contributed by atoms with Gasteiger partial charge < -0.3 is 5.32 Å². The molecule has 12 heteroatoms. The van der Waals surface area contributed by atoms with Gasteiger partial charge in [-0.3, -0.25) is 15.2 Å². The summed E-state index contributed by atoms with van der Waals surface area (Å²) in [4.78, 5) is 16.7. The minimum atomic E-state index is -4.61. The molecule has 1 amide bonds. The SMILES string of the molecule is O=C(NC(=Nc1cc(-c2ccc(F)cc2)[nH]n1)Nc1cccc(C(F)(F)F)c1)c1ccc(F)c(F)c1. The second-order valence-electron chi connectivity index (χ2n) is 7.39. The first kappa shape index (κ1) is 24.5. The zero-order valence-corrected chi connectivity index (χ0v) is 18.0. The molecule has 3 aromatic carbocycles. The number of aliphatic imine (C=N–C) groups is 1. The minimum Gasteiger partial charge on any atom is -0.326 e. The minimum absolute atomic E-state index is 0.00869. The third-order valence-corrected chi connectivity index (χ3v) is 4.81. The summed E-state index contributed by atoms with van der Waals surface area (Å²) in [6, 6.07) is 13.5. The van der Waals surface area contributed by atoms with Crippen LogP contribution in [0.4, 0.5) is 37.8 Å². The maximum Gasteiger partial charge on any atom is 0.416 e. The van der Waals surface area contributed by atoms with Gasteiger partial charge in [0.25, 0.3) is 5.91 Å². The number of alkyl halides is 3. The van der Waals surface area contributed by atoms with Gasteiger partial charge in [-0.05, 0) is 66.2 Å². The summed E-state index contributed by atoms with van der Waals surface area (Å²) >= 11 is 0. The van der Waals surface area contributed by atoms with Gasteiger partial charge in [0.15, 0.2) is 17.5 Å². The lowest BCUT2D eigenvalue weighted by molar-refractivity contribution is -0.137. The number of carbonyl (C=O) groups excluding carboxylic acids is 1. The van der Waals surface area contributed by atoms with Crippen molar-refractivity contribution in [2.75, 3.05) is 5.32 Å². The first-order valence-corrected chi connectivity index (χ1v) is 10.2. The second-order valence-corrected chi connectivity index (χ2v) is 7.39. The average molecular weight is 503 g/mol. The Morgan fingerprint density at radius 1 is 0.889 bits per heavy atom. The van der Waals surface area contributed by atoms with Crippen molar-refractivity contribution in [3.8, 4) is 11.3 Å². The van der Waals surface area contributed by atoms with Crippen LogP contribution in [-0.2, 0) is 6.18 Å². The Morgan fingerprint density at radius 3 is 2.33 bits per heavy atom. The Hall–Kier alpha value is -4.61. The van der Waals surface area contributed by atoms with E-state index in [0.717, 1.165) is 30.3 Å². The van der Waals surface area contributed by atoms with Crippen LogP contribution in [0, 0.1) is 17.5 Å². The fourth-order valence-electron chi connectivity index (χ4n) is 3.07. The normalized spacial score (nSPS) is 11.9. The summed E-state index contributed by atoms with van der Waals surface area (Å²) in [5.74, 6) is -4.11. The largest absolute Gasteiger partial charge is 0.416 e. The summed E-state index contributed by atoms with van der Waals surface area (Å²) in [7, 11) is 0. The molecule has 0 aliphatic rings. The number of rotatable bonds is 4. The predicted molar refractivity (Wildman–Crippen MR) is 120 cm³/mol. The summed E-state index contributed by atoms with van der Waals surface area (Å²) < 4.78 is 79.3. The van der Waals surface area contributed by atoms with Gasteiger partial charge in [0, 0.05) is 17.3 Å². The van der Waals surface area contributed by atoms with Crippen molar-refractivity contribution < 1.29 is 31.1 Å². The number of guanidine groups is 1. The van der Waals surface area contributed by atoms with Crippen LogP contribution in [0.2, 0.25) is 0 Å². The molecule has 0 saturated carbocycles. The van der Waals surface area contributed by atoms with Crippen LogP contribution in [0.3, 0.4) is 0 Å². The molecule has 184 valence electrons. The van der Waals surface area contributed by atoms with Gasteiger partial charge in [-0.2, -0.15) is 23.3 Å². The third kappa shape index (κ3) is 5.90. The fraction of sp³-hybridized carbons (Fsp3) is 0.0417. The number of hydrogen-bond acceptors (Lipinski definition) is 3. The summed E-state index contributed by atoms with van der Waals surface area (Å²) in [5, 5.41) is 11.5. The molecule has 3 N–H and O–H groups in total. The van der Waals surface area contributed by atoms with Gasteiger partial charge in [-0.15, -0.1) is 0 Å². The van der Waals surface area contributed by atoms with E-state index in [0.29, 0.717) is 17.3 Å². The van der Waals surface area contributed by atoms with E-state index < -0.39 is 35.1 Å². The number of amides is 1. The molecule has 0 aliphatic carbocycles. The van der Waals surface area contributed by atoms with Crippen LogP contribution < -0.4 is 10.6 Å². The highest BCUT2D eigenvalue weighted by molar-refractivity contribution is 6.10. The molecule has 0 fully saturated rings. The molecule has 6 nitrogen and oxygen atoms in total. The Labute approximate surface area is 199 Å². The molecule has 0 radical (unpaired) electrons. The van der Waals surface area contributed by atoms with Crippen molar-refractivity contribution >= 4 is 23.4 Å². The van der Waals surface area contributed by atoms with Crippen molar-refractivity contribution in [2.24, 2.45) is 4.99 Å². The van der Waals surface area contributed by atoms with Crippen molar-refractivity contribution in [1.29, 1.82) is 0 Å². The molecule has 0 saturated heterocycles. The van der Waals surface area contributed by atoms with Gasteiger partial charge in [0.05, 0.1) is 11.3 Å². The highest BCUT2D eigenvalue weighted by Gasteiger charge is 2.30. The molecule has 0 atom stereocenters. The highest BCUT2D eigenvalue weighted by atomic mass is 19.4.